The van der Waals surface area contributed by atoms with Crippen molar-refractivity contribution in [2.75, 3.05) is 0 Å². The zero-order valence-corrected chi connectivity index (χ0v) is 5.18. The molecule has 8 heavy (non-hydrogen) atoms. The number of hydrogen-bond acceptors (Lipinski definition) is 1. The topological polar surface area (TPSA) is 12.9 Å². The van der Waals surface area contributed by atoms with Crippen LogP contribution < -0.4 is 4.24 Å². The van der Waals surface area contributed by atoms with E-state index in [1.807, 2.05) is 19.2 Å². The molecule has 1 aromatic rings. The first-order valence-electron chi connectivity index (χ1n) is 2.69. The molecule has 0 saturated carbocycles. The predicted octanol–water partition coefficient (Wildman–Crippen LogP) is 0.184. The number of pyridine rings is 1. The minimum atomic E-state index is 1.12. The van der Waals surface area contributed by atoms with Crippen molar-refractivity contribution in [2.45, 2.75) is 6.92 Å². The van der Waals surface area contributed by atoms with Crippen LogP contribution in [-0.4, -0.2) is 22.7 Å². The van der Waals surface area contributed by atoms with Gasteiger partial charge in [-0.25, -0.2) is 0 Å². The molecular weight excluding hydrogens is 93.0 g/mol. The third-order valence-electron chi connectivity index (χ3n) is 1.27. The summed E-state index contributed by atoms with van der Waals surface area (Å²) in [6.45, 7) is 2.01. The van der Waals surface area contributed by atoms with Crippen molar-refractivity contribution in [3.05, 3.63) is 24.0 Å². The van der Waals surface area contributed by atoms with Crippen LogP contribution in [0.15, 0.2) is 18.3 Å². The van der Waals surface area contributed by atoms with Crippen molar-refractivity contribution in [1.82, 2.24) is 4.98 Å². The summed E-state index contributed by atoms with van der Waals surface area (Å²) in [6, 6.07) is 4.00. The Bertz CT molecular complexity index is 165. The second-order valence-corrected chi connectivity index (χ2v) is 1.91. The van der Waals surface area contributed by atoms with Gasteiger partial charge < -0.3 is 0 Å². The Balaban J connectivity index is 3.13. The van der Waals surface area contributed by atoms with Gasteiger partial charge >= 0.3 is 57.9 Å². The molecule has 0 radical (unpaired) electrons. The van der Waals surface area contributed by atoms with Crippen molar-refractivity contribution in [2.24, 2.45) is 0 Å². The second-order valence-electron chi connectivity index (χ2n) is 1.91. The number of aryl methyl sites for hydroxylation is 1. The molecule has 0 amide bonds. The SMILES string of the molecule is [Li][c]1cccnc1C. The average Bonchev–Trinajstić information content (AvgIpc) is 1.77. The zero-order chi connectivity index (χ0) is 5.98. The van der Waals surface area contributed by atoms with Gasteiger partial charge in [-0.05, 0) is 0 Å². The van der Waals surface area contributed by atoms with E-state index in [0.29, 0.717) is 0 Å². The molecule has 1 rings (SSSR count). The van der Waals surface area contributed by atoms with Crippen molar-refractivity contribution in [3.63, 3.8) is 0 Å². The summed E-state index contributed by atoms with van der Waals surface area (Å²) in [7, 11) is 0. The van der Waals surface area contributed by atoms with Crippen LogP contribution in [0.3, 0.4) is 0 Å². The summed E-state index contributed by atoms with van der Waals surface area (Å²) < 4.78 is 1.26. The fraction of sp³-hybridized carbons (Fsp3) is 0.167. The summed E-state index contributed by atoms with van der Waals surface area (Å²) in [5.41, 5.74) is 1.12. The monoisotopic (exact) mass is 99.1 g/mol. The van der Waals surface area contributed by atoms with Crippen LogP contribution in [-0.2, 0) is 0 Å². The van der Waals surface area contributed by atoms with E-state index in [1.165, 1.54) is 4.24 Å². The Morgan fingerprint density at radius 2 is 2.38 bits per heavy atom. The summed E-state index contributed by atoms with van der Waals surface area (Å²) in [4.78, 5) is 4.08. The molecule has 0 aliphatic rings. The molecule has 1 heterocycles. The third kappa shape index (κ3) is 1.12. The summed E-state index contributed by atoms with van der Waals surface area (Å²) in [5, 5.41) is 0. The first-order valence-corrected chi connectivity index (χ1v) is 2.69. The molecule has 0 bridgehead atoms. The zero-order valence-electron chi connectivity index (χ0n) is 5.18. The predicted molar refractivity (Wildman–Crippen MR) is 34.4 cm³/mol. The Morgan fingerprint density at radius 1 is 1.62 bits per heavy atom. The third-order valence-corrected chi connectivity index (χ3v) is 1.27. The fourth-order valence-electron chi connectivity index (χ4n) is 0.565. The molecular formula is C6H6LiN. The Labute approximate surface area is 58.3 Å². The van der Waals surface area contributed by atoms with Crippen LogP contribution in [0.5, 0.6) is 0 Å². The van der Waals surface area contributed by atoms with E-state index in [9.17, 15) is 0 Å². The maximum atomic E-state index is 4.08. The quantitative estimate of drug-likeness (QED) is 0.423. The summed E-state index contributed by atoms with van der Waals surface area (Å²) in [6.07, 6.45) is 1.81. The van der Waals surface area contributed by atoms with Crippen molar-refractivity contribution in [1.29, 1.82) is 0 Å². The molecule has 0 aliphatic carbocycles. The van der Waals surface area contributed by atoms with Crippen LogP contribution in [0.4, 0.5) is 0 Å². The summed E-state index contributed by atoms with van der Waals surface area (Å²) in [5.74, 6) is 0. The number of nitrogens with zero attached hydrogens (tertiary/aromatic N) is 1. The number of hydrogen-bond donors (Lipinski definition) is 0. The van der Waals surface area contributed by atoms with Gasteiger partial charge in [-0.3, -0.25) is 0 Å². The molecule has 36 valence electrons. The number of aromatic nitrogens is 1. The maximum absolute atomic E-state index is 4.08. The van der Waals surface area contributed by atoms with Crippen LogP contribution in [0.25, 0.3) is 0 Å². The van der Waals surface area contributed by atoms with Gasteiger partial charge in [0.25, 0.3) is 0 Å². The molecule has 0 aliphatic heterocycles. The van der Waals surface area contributed by atoms with Gasteiger partial charge in [0, 0.05) is 0 Å². The molecule has 0 atom stereocenters. The second kappa shape index (κ2) is 2.35. The van der Waals surface area contributed by atoms with Gasteiger partial charge in [0.2, 0.25) is 0 Å². The molecule has 1 aromatic heterocycles. The Hall–Kier alpha value is -0.253. The molecule has 0 aromatic carbocycles. The average molecular weight is 99.1 g/mol. The van der Waals surface area contributed by atoms with E-state index in [2.05, 4.69) is 28.8 Å². The first kappa shape index (κ1) is 5.88. The van der Waals surface area contributed by atoms with Gasteiger partial charge in [-0.2, -0.15) is 0 Å². The van der Waals surface area contributed by atoms with Gasteiger partial charge in [0.15, 0.2) is 0 Å². The van der Waals surface area contributed by atoms with E-state index < -0.39 is 0 Å². The molecule has 0 saturated heterocycles. The Morgan fingerprint density at radius 3 is 2.75 bits per heavy atom. The normalized spacial score (nSPS) is 9.38. The Kier molecular flexibility index (Phi) is 1.72. The van der Waals surface area contributed by atoms with Crippen LogP contribution >= 0.6 is 0 Å². The standard InChI is InChI=1S/C6H6N.Li/c1-6-4-2-3-5-7-6;/h2-3,5H,1H3;. The summed E-state index contributed by atoms with van der Waals surface area (Å²) >= 11 is 2.06. The first-order chi connectivity index (χ1) is 3.80. The van der Waals surface area contributed by atoms with Gasteiger partial charge in [-0.1, -0.05) is 0 Å². The molecule has 0 fully saturated rings. The van der Waals surface area contributed by atoms with E-state index >= 15 is 0 Å². The van der Waals surface area contributed by atoms with Crippen LogP contribution in [0.1, 0.15) is 5.69 Å². The van der Waals surface area contributed by atoms with Gasteiger partial charge in [0.05, 0.1) is 0 Å². The van der Waals surface area contributed by atoms with Gasteiger partial charge in [-0.15, -0.1) is 0 Å². The molecule has 1 nitrogen and oxygen atoms in total. The van der Waals surface area contributed by atoms with E-state index in [-0.39, 0.29) is 0 Å². The van der Waals surface area contributed by atoms with E-state index in [1.54, 1.807) is 0 Å². The van der Waals surface area contributed by atoms with E-state index in [0.717, 1.165) is 5.69 Å². The molecule has 0 unspecified atom stereocenters. The minimum absolute atomic E-state index is 1.12. The van der Waals surface area contributed by atoms with Crippen molar-refractivity contribution in [3.8, 4) is 0 Å². The number of rotatable bonds is 0. The van der Waals surface area contributed by atoms with Crippen molar-refractivity contribution < 1.29 is 0 Å². The van der Waals surface area contributed by atoms with Crippen LogP contribution in [0.2, 0.25) is 0 Å². The fourth-order valence-corrected chi connectivity index (χ4v) is 0.565. The van der Waals surface area contributed by atoms with E-state index in [4.69, 9.17) is 0 Å². The molecule has 2 heteroatoms. The molecule has 0 spiro atoms. The van der Waals surface area contributed by atoms with Crippen molar-refractivity contribution >= 4 is 22.0 Å². The van der Waals surface area contributed by atoms with Gasteiger partial charge in [0.1, 0.15) is 0 Å². The van der Waals surface area contributed by atoms with Crippen LogP contribution in [0, 0.1) is 6.92 Å². The molecule has 0 N–H and O–H groups in total.